The van der Waals surface area contributed by atoms with Crippen molar-refractivity contribution in [2.75, 3.05) is 18.0 Å². The quantitative estimate of drug-likeness (QED) is 0.875. The molecule has 1 aliphatic rings. The van der Waals surface area contributed by atoms with Gasteiger partial charge in [0.1, 0.15) is 11.2 Å². The van der Waals surface area contributed by atoms with Gasteiger partial charge in [-0.05, 0) is 25.8 Å². The molecule has 3 rings (SSSR count). The number of carboxylic acids is 1. The van der Waals surface area contributed by atoms with Gasteiger partial charge in [0.2, 0.25) is 5.43 Å². The first-order valence-electron chi connectivity index (χ1n) is 7.82. The van der Waals surface area contributed by atoms with E-state index in [2.05, 4.69) is 4.98 Å². The lowest BCUT2D eigenvalue weighted by Gasteiger charge is -2.30. The van der Waals surface area contributed by atoms with Crippen LogP contribution in [0.3, 0.4) is 0 Å². The number of piperidine rings is 1. The van der Waals surface area contributed by atoms with Crippen molar-refractivity contribution in [3.63, 3.8) is 0 Å². The van der Waals surface area contributed by atoms with Gasteiger partial charge in [-0.15, -0.1) is 0 Å². The summed E-state index contributed by atoms with van der Waals surface area (Å²) in [5.74, 6) is -1.89. The van der Waals surface area contributed by atoms with Crippen molar-refractivity contribution in [1.29, 1.82) is 0 Å². The number of fused-ring (bicyclic) bond motifs is 1. The highest BCUT2D eigenvalue weighted by Gasteiger charge is 2.23. The van der Waals surface area contributed by atoms with Gasteiger partial charge in [0.05, 0.1) is 11.5 Å². The SMILES string of the molecule is CCn1cc(C(=O)O)c(=O)c2cc(F)c(N3CCC(O)CC3)nc21. The van der Waals surface area contributed by atoms with Crippen LogP contribution in [-0.2, 0) is 6.54 Å². The fraction of sp³-hybridized carbons (Fsp3) is 0.438. The Morgan fingerprint density at radius 1 is 1.42 bits per heavy atom. The van der Waals surface area contributed by atoms with Gasteiger partial charge in [0, 0.05) is 25.8 Å². The van der Waals surface area contributed by atoms with Crippen LogP contribution in [0.2, 0.25) is 0 Å². The molecule has 2 aromatic heterocycles. The Balaban J connectivity index is 2.18. The Labute approximate surface area is 137 Å². The van der Waals surface area contributed by atoms with Crippen LogP contribution in [0.15, 0.2) is 17.1 Å². The molecule has 0 unspecified atom stereocenters. The van der Waals surface area contributed by atoms with Gasteiger partial charge < -0.3 is 19.7 Å². The predicted molar refractivity (Wildman–Crippen MR) is 86.0 cm³/mol. The summed E-state index contributed by atoms with van der Waals surface area (Å²) in [5, 5.41) is 18.7. The molecule has 0 aromatic carbocycles. The smallest absolute Gasteiger partial charge is 0.341 e. The molecule has 0 aliphatic carbocycles. The van der Waals surface area contributed by atoms with Crippen molar-refractivity contribution in [2.45, 2.75) is 32.4 Å². The van der Waals surface area contributed by atoms with Crippen LogP contribution in [0, 0.1) is 5.82 Å². The lowest BCUT2D eigenvalue weighted by Crippen LogP contribution is -2.37. The molecule has 0 spiro atoms. The molecule has 1 saturated heterocycles. The number of aliphatic hydroxyl groups excluding tert-OH is 1. The van der Waals surface area contributed by atoms with Crippen molar-refractivity contribution >= 4 is 22.8 Å². The number of carbonyl (C=O) groups is 1. The summed E-state index contributed by atoms with van der Waals surface area (Å²) in [6.07, 6.45) is 1.90. The number of halogens is 1. The Hall–Kier alpha value is -2.48. The molecule has 1 fully saturated rings. The summed E-state index contributed by atoms with van der Waals surface area (Å²) in [6.45, 7) is 3.13. The number of nitrogens with zero attached hydrogens (tertiary/aromatic N) is 3. The second kappa shape index (κ2) is 6.20. The molecule has 0 bridgehead atoms. The standard InChI is InChI=1S/C16H18FN3O4/c1-2-19-8-11(16(23)24)13(22)10-7-12(17)15(18-14(10)19)20-5-3-9(21)4-6-20/h7-9,21H,2-6H2,1H3,(H,23,24). The van der Waals surface area contributed by atoms with E-state index in [1.54, 1.807) is 11.8 Å². The number of pyridine rings is 2. The first-order valence-corrected chi connectivity index (χ1v) is 7.82. The summed E-state index contributed by atoms with van der Waals surface area (Å²) in [4.78, 5) is 29.5. The van der Waals surface area contributed by atoms with Crippen molar-refractivity contribution in [3.05, 3.63) is 33.9 Å². The van der Waals surface area contributed by atoms with E-state index in [9.17, 15) is 19.1 Å². The van der Waals surface area contributed by atoms with E-state index in [-0.39, 0.29) is 16.9 Å². The van der Waals surface area contributed by atoms with E-state index in [0.29, 0.717) is 32.5 Å². The Morgan fingerprint density at radius 3 is 2.67 bits per heavy atom. The number of aromatic carboxylic acids is 1. The molecule has 0 saturated carbocycles. The highest BCUT2D eigenvalue weighted by molar-refractivity contribution is 5.92. The fourth-order valence-corrected chi connectivity index (χ4v) is 2.97. The first kappa shape index (κ1) is 16.4. The molecule has 0 amide bonds. The van der Waals surface area contributed by atoms with Crippen molar-refractivity contribution in [1.82, 2.24) is 9.55 Å². The maximum Gasteiger partial charge on any atom is 0.341 e. The Morgan fingerprint density at radius 2 is 2.08 bits per heavy atom. The average molecular weight is 335 g/mol. The number of hydrogen-bond donors (Lipinski definition) is 2. The van der Waals surface area contributed by atoms with Crippen molar-refractivity contribution in [2.24, 2.45) is 0 Å². The molecular weight excluding hydrogens is 317 g/mol. The second-order valence-electron chi connectivity index (χ2n) is 5.85. The molecular formula is C16H18FN3O4. The van der Waals surface area contributed by atoms with Crippen molar-refractivity contribution in [3.8, 4) is 0 Å². The largest absolute Gasteiger partial charge is 0.477 e. The van der Waals surface area contributed by atoms with Gasteiger partial charge in [-0.2, -0.15) is 0 Å². The minimum atomic E-state index is -1.35. The van der Waals surface area contributed by atoms with Gasteiger partial charge in [0.15, 0.2) is 11.6 Å². The van der Waals surface area contributed by atoms with Gasteiger partial charge in [-0.1, -0.05) is 0 Å². The zero-order chi connectivity index (χ0) is 17.4. The predicted octanol–water partition coefficient (Wildman–Crippen LogP) is 1.21. The number of anilines is 1. The van der Waals surface area contributed by atoms with E-state index in [4.69, 9.17) is 5.11 Å². The lowest BCUT2D eigenvalue weighted by molar-refractivity contribution is 0.0695. The van der Waals surface area contributed by atoms with Crippen LogP contribution in [0.5, 0.6) is 0 Å². The molecule has 7 nitrogen and oxygen atoms in total. The van der Waals surface area contributed by atoms with Gasteiger partial charge in [-0.3, -0.25) is 4.79 Å². The topological polar surface area (TPSA) is 95.7 Å². The second-order valence-corrected chi connectivity index (χ2v) is 5.85. The molecule has 2 aromatic rings. The fourth-order valence-electron chi connectivity index (χ4n) is 2.97. The molecule has 0 radical (unpaired) electrons. The van der Waals surface area contributed by atoms with Crippen LogP contribution >= 0.6 is 0 Å². The van der Waals surface area contributed by atoms with E-state index >= 15 is 0 Å². The Bertz CT molecular complexity index is 857. The summed E-state index contributed by atoms with van der Waals surface area (Å²) in [6, 6.07) is 1.06. The maximum absolute atomic E-state index is 14.5. The molecule has 24 heavy (non-hydrogen) atoms. The van der Waals surface area contributed by atoms with Crippen LogP contribution in [0.1, 0.15) is 30.1 Å². The minimum Gasteiger partial charge on any atom is -0.477 e. The number of carboxylic acid groups (broad SMARTS) is 1. The molecule has 1 aliphatic heterocycles. The summed E-state index contributed by atoms with van der Waals surface area (Å²) in [7, 11) is 0. The third-order valence-corrected chi connectivity index (χ3v) is 4.32. The number of aliphatic hydroxyl groups is 1. The molecule has 2 N–H and O–H groups in total. The van der Waals surface area contributed by atoms with Gasteiger partial charge in [-0.25, -0.2) is 14.2 Å². The van der Waals surface area contributed by atoms with Gasteiger partial charge in [0.25, 0.3) is 0 Å². The zero-order valence-corrected chi connectivity index (χ0v) is 13.2. The Kier molecular flexibility index (Phi) is 4.23. The first-order chi connectivity index (χ1) is 11.4. The van der Waals surface area contributed by atoms with Crippen LogP contribution < -0.4 is 10.3 Å². The zero-order valence-electron chi connectivity index (χ0n) is 13.2. The molecule has 0 atom stereocenters. The average Bonchev–Trinajstić information content (AvgIpc) is 2.56. The number of hydrogen-bond acceptors (Lipinski definition) is 5. The van der Waals surface area contributed by atoms with Crippen LogP contribution in [-0.4, -0.2) is 44.9 Å². The normalized spacial score (nSPS) is 15.9. The number of rotatable bonds is 3. The highest BCUT2D eigenvalue weighted by atomic mass is 19.1. The summed E-state index contributed by atoms with van der Waals surface area (Å²) >= 11 is 0. The molecule has 3 heterocycles. The monoisotopic (exact) mass is 335 g/mol. The van der Waals surface area contributed by atoms with Crippen LogP contribution in [0.25, 0.3) is 11.0 Å². The molecule has 8 heteroatoms. The van der Waals surface area contributed by atoms with E-state index in [0.717, 1.165) is 6.07 Å². The van der Waals surface area contributed by atoms with Gasteiger partial charge >= 0.3 is 5.97 Å². The third-order valence-electron chi connectivity index (χ3n) is 4.32. The summed E-state index contributed by atoms with van der Waals surface area (Å²) < 4.78 is 16.0. The van der Waals surface area contributed by atoms with Crippen molar-refractivity contribution < 1.29 is 19.4 Å². The summed E-state index contributed by atoms with van der Waals surface area (Å²) in [5.41, 5.74) is -0.886. The highest BCUT2D eigenvalue weighted by Crippen LogP contribution is 2.24. The maximum atomic E-state index is 14.5. The van der Waals surface area contributed by atoms with E-state index in [1.165, 1.54) is 10.8 Å². The van der Waals surface area contributed by atoms with E-state index in [1.807, 2.05) is 0 Å². The minimum absolute atomic E-state index is 0.0463. The molecule has 128 valence electrons. The third kappa shape index (κ3) is 2.73. The number of aromatic nitrogens is 2. The van der Waals surface area contributed by atoms with E-state index < -0.39 is 28.9 Å². The lowest BCUT2D eigenvalue weighted by atomic mass is 10.1. The number of aryl methyl sites for hydroxylation is 1. The van der Waals surface area contributed by atoms with Crippen LogP contribution in [0.4, 0.5) is 10.2 Å².